The van der Waals surface area contributed by atoms with Gasteiger partial charge in [0.15, 0.2) is 0 Å². The molecular weight excluding hydrogens is 278 g/mol. The maximum absolute atomic E-state index is 12.4. The van der Waals surface area contributed by atoms with Gasteiger partial charge in [0.05, 0.1) is 23.5 Å². The summed E-state index contributed by atoms with van der Waals surface area (Å²) in [5, 5.41) is 14.8. The van der Waals surface area contributed by atoms with Gasteiger partial charge in [0.1, 0.15) is 5.69 Å². The summed E-state index contributed by atoms with van der Waals surface area (Å²) in [6, 6.07) is 9.68. The maximum Gasteiger partial charge on any atom is 0.207 e. The number of aliphatic hydroxyl groups excluding tert-OH is 1. The van der Waals surface area contributed by atoms with Crippen LogP contribution >= 0.6 is 0 Å². The lowest BCUT2D eigenvalue weighted by molar-refractivity contribution is 0.104. The van der Waals surface area contributed by atoms with Gasteiger partial charge in [0.25, 0.3) is 0 Å². The molecule has 1 aromatic carbocycles. The lowest BCUT2D eigenvalue weighted by Crippen LogP contribution is -2.21. The van der Waals surface area contributed by atoms with Gasteiger partial charge < -0.3 is 10.4 Å². The van der Waals surface area contributed by atoms with Crippen molar-refractivity contribution < 1.29 is 9.90 Å². The third-order valence-electron chi connectivity index (χ3n) is 3.81. The zero-order chi connectivity index (χ0) is 15.1. The van der Waals surface area contributed by atoms with Crippen LogP contribution in [0.1, 0.15) is 16.2 Å². The van der Waals surface area contributed by atoms with E-state index >= 15 is 0 Å². The number of rotatable bonds is 3. The summed E-state index contributed by atoms with van der Waals surface area (Å²) in [6.45, 7) is 0.359. The van der Waals surface area contributed by atoms with Crippen LogP contribution in [0.5, 0.6) is 0 Å². The number of aromatic nitrogens is 2. The van der Waals surface area contributed by atoms with E-state index in [1.807, 2.05) is 30.3 Å². The highest BCUT2D eigenvalue weighted by Crippen LogP contribution is 2.33. The van der Waals surface area contributed by atoms with Crippen molar-refractivity contribution in [3.05, 3.63) is 54.0 Å². The SMILES string of the molecule is O=C1C=C(NCCO)c2nccc3c2c1nc1ccccc13. The summed E-state index contributed by atoms with van der Waals surface area (Å²) >= 11 is 0. The molecule has 0 fully saturated rings. The molecule has 0 saturated carbocycles. The molecule has 0 spiro atoms. The van der Waals surface area contributed by atoms with Crippen molar-refractivity contribution in [2.24, 2.45) is 0 Å². The molecule has 0 unspecified atom stereocenters. The van der Waals surface area contributed by atoms with E-state index in [0.717, 1.165) is 21.7 Å². The highest BCUT2D eigenvalue weighted by atomic mass is 16.3. The average molecular weight is 291 g/mol. The monoisotopic (exact) mass is 291 g/mol. The predicted octanol–water partition coefficient (Wildman–Crippen LogP) is 1.90. The Balaban J connectivity index is 2.08. The number of nitrogens with one attached hydrogen (secondary N) is 1. The Bertz CT molecular complexity index is 947. The van der Waals surface area contributed by atoms with Crippen molar-refractivity contribution >= 4 is 33.2 Å². The summed E-state index contributed by atoms with van der Waals surface area (Å²) in [5.74, 6) is -0.142. The Kier molecular flexibility index (Phi) is 2.87. The van der Waals surface area contributed by atoms with E-state index in [9.17, 15) is 4.79 Å². The zero-order valence-electron chi connectivity index (χ0n) is 11.7. The quantitative estimate of drug-likeness (QED) is 0.721. The van der Waals surface area contributed by atoms with E-state index in [0.29, 0.717) is 23.6 Å². The highest BCUT2D eigenvalue weighted by molar-refractivity contribution is 6.24. The topological polar surface area (TPSA) is 75.1 Å². The molecule has 108 valence electrons. The van der Waals surface area contributed by atoms with Crippen LogP contribution in [-0.2, 0) is 0 Å². The van der Waals surface area contributed by atoms with Crippen molar-refractivity contribution in [1.82, 2.24) is 15.3 Å². The van der Waals surface area contributed by atoms with Gasteiger partial charge in [-0.05, 0) is 17.5 Å². The van der Waals surface area contributed by atoms with Crippen LogP contribution in [0.15, 0.2) is 42.6 Å². The second-order valence-corrected chi connectivity index (χ2v) is 5.13. The minimum Gasteiger partial charge on any atom is -0.395 e. The van der Waals surface area contributed by atoms with Crippen LogP contribution in [0, 0.1) is 0 Å². The summed E-state index contributed by atoms with van der Waals surface area (Å²) in [6.07, 6.45) is 3.24. The fourth-order valence-electron chi connectivity index (χ4n) is 2.88. The minimum absolute atomic E-state index is 0.00959. The smallest absolute Gasteiger partial charge is 0.207 e. The molecule has 2 aromatic heterocycles. The number of allylic oxidation sites excluding steroid dienone is 1. The number of aliphatic hydroxyl groups is 1. The highest BCUT2D eigenvalue weighted by Gasteiger charge is 2.24. The molecular formula is C17H13N3O2. The third-order valence-corrected chi connectivity index (χ3v) is 3.81. The number of ketones is 1. The Morgan fingerprint density at radius 3 is 2.82 bits per heavy atom. The van der Waals surface area contributed by atoms with Gasteiger partial charge in [-0.15, -0.1) is 0 Å². The molecule has 0 radical (unpaired) electrons. The second kappa shape index (κ2) is 4.89. The van der Waals surface area contributed by atoms with Gasteiger partial charge in [0, 0.05) is 29.6 Å². The number of para-hydroxylation sites is 1. The van der Waals surface area contributed by atoms with E-state index in [1.165, 1.54) is 6.08 Å². The largest absolute Gasteiger partial charge is 0.395 e. The first-order valence-corrected chi connectivity index (χ1v) is 7.08. The van der Waals surface area contributed by atoms with E-state index in [-0.39, 0.29) is 12.4 Å². The molecule has 0 amide bonds. The lowest BCUT2D eigenvalue weighted by atomic mass is 9.95. The summed E-state index contributed by atoms with van der Waals surface area (Å²) < 4.78 is 0. The van der Waals surface area contributed by atoms with Gasteiger partial charge in [0.2, 0.25) is 5.78 Å². The number of carbonyl (C=O) groups is 1. The van der Waals surface area contributed by atoms with Crippen molar-refractivity contribution in [2.45, 2.75) is 0 Å². The Morgan fingerprint density at radius 1 is 1.09 bits per heavy atom. The molecule has 4 rings (SSSR count). The molecule has 1 aliphatic rings. The number of pyridine rings is 2. The first kappa shape index (κ1) is 12.9. The number of fused-ring (bicyclic) bond motifs is 2. The van der Waals surface area contributed by atoms with Crippen LogP contribution < -0.4 is 5.32 Å². The van der Waals surface area contributed by atoms with E-state index < -0.39 is 0 Å². The maximum atomic E-state index is 12.4. The first-order valence-electron chi connectivity index (χ1n) is 7.08. The number of benzene rings is 1. The molecule has 3 aromatic rings. The second-order valence-electron chi connectivity index (χ2n) is 5.13. The normalized spacial score (nSPS) is 13.5. The molecule has 2 N–H and O–H groups in total. The third kappa shape index (κ3) is 1.79. The number of carbonyl (C=O) groups excluding carboxylic acids is 1. The summed E-state index contributed by atoms with van der Waals surface area (Å²) in [7, 11) is 0. The summed E-state index contributed by atoms with van der Waals surface area (Å²) in [5.41, 5.74) is 2.58. The van der Waals surface area contributed by atoms with E-state index in [1.54, 1.807) is 6.20 Å². The number of hydrogen-bond donors (Lipinski definition) is 2. The Morgan fingerprint density at radius 2 is 1.95 bits per heavy atom. The molecule has 0 saturated heterocycles. The molecule has 22 heavy (non-hydrogen) atoms. The van der Waals surface area contributed by atoms with Gasteiger partial charge in [-0.2, -0.15) is 0 Å². The molecule has 0 aliphatic heterocycles. The van der Waals surface area contributed by atoms with Crippen molar-refractivity contribution in [1.29, 1.82) is 0 Å². The molecule has 1 aliphatic carbocycles. The van der Waals surface area contributed by atoms with Crippen LogP contribution in [0.4, 0.5) is 0 Å². The van der Waals surface area contributed by atoms with Crippen molar-refractivity contribution in [3.8, 4) is 0 Å². The molecule has 0 bridgehead atoms. The Hall–Kier alpha value is -2.79. The average Bonchev–Trinajstić information content (AvgIpc) is 2.56. The van der Waals surface area contributed by atoms with E-state index in [2.05, 4.69) is 15.3 Å². The van der Waals surface area contributed by atoms with Gasteiger partial charge >= 0.3 is 0 Å². The lowest BCUT2D eigenvalue weighted by Gasteiger charge is -2.18. The molecule has 5 nitrogen and oxygen atoms in total. The fraction of sp³-hybridized carbons (Fsp3) is 0.118. The zero-order valence-corrected chi connectivity index (χ0v) is 11.7. The minimum atomic E-state index is -0.142. The number of hydrogen-bond acceptors (Lipinski definition) is 5. The van der Waals surface area contributed by atoms with Gasteiger partial charge in [-0.1, -0.05) is 18.2 Å². The van der Waals surface area contributed by atoms with Gasteiger partial charge in [-0.25, -0.2) is 4.98 Å². The molecule has 0 atom stereocenters. The van der Waals surface area contributed by atoms with Crippen LogP contribution in [0.3, 0.4) is 0 Å². The predicted molar refractivity (Wildman–Crippen MR) is 84.4 cm³/mol. The van der Waals surface area contributed by atoms with Crippen LogP contribution in [0.2, 0.25) is 0 Å². The van der Waals surface area contributed by atoms with Crippen LogP contribution in [-0.4, -0.2) is 34.0 Å². The molecule has 2 heterocycles. The molecule has 5 heteroatoms. The fourth-order valence-corrected chi connectivity index (χ4v) is 2.88. The van der Waals surface area contributed by atoms with Gasteiger partial charge in [-0.3, -0.25) is 9.78 Å². The van der Waals surface area contributed by atoms with Crippen molar-refractivity contribution in [2.75, 3.05) is 13.2 Å². The first-order chi connectivity index (χ1) is 10.8. The standard InChI is InChI=1S/C17H13N3O2/c21-8-7-18-13-9-14(22)17-15-11(5-6-19-16(13)15)10-3-1-2-4-12(10)20-17/h1-6,9,18,21H,7-8H2. The van der Waals surface area contributed by atoms with E-state index in [4.69, 9.17) is 5.11 Å². The summed E-state index contributed by atoms with van der Waals surface area (Å²) in [4.78, 5) is 21.3. The van der Waals surface area contributed by atoms with Crippen molar-refractivity contribution in [3.63, 3.8) is 0 Å². The number of nitrogens with zero attached hydrogens (tertiary/aromatic N) is 2. The van der Waals surface area contributed by atoms with Crippen LogP contribution in [0.25, 0.3) is 27.4 Å². The Labute approximate surface area is 126 Å².